The number of esters is 1. The monoisotopic (exact) mass is 530 g/mol. The first-order chi connectivity index (χ1) is 18.6. The number of fused-ring (bicyclic) bond motifs is 1. The summed E-state index contributed by atoms with van der Waals surface area (Å²) < 4.78 is 12.2. The van der Waals surface area contributed by atoms with Crippen LogP contribution in [0, 0.1) is 11.3 Å². The molecule has 204 valence electrons. The molecule has 1 aliphatic carbocycles. The number of hydrogen-bond acceptors (Lipinski definition) is 8. The van der Waals surface area contributed by atoms with E-state index in [9.17, 15) is 14.9 Å². The molecule has 1 N–H and O–H groups in total. The van der Waals surface area contributed by atoms with Crippen molar-refractivity contribution in [2.24, 2.45) is 0 Å². The number of pyridine rings is 1. The summed E-state index contributed by atoms with van der Waals surface area (Å²) in [4.78, 5) is 33.4. The van der Waals surface area contributed by atoms with E-state index in [0.29, 0.717) is 11.1 Å². The molecule has 10 nitrogen and oxygen atoms in total. The van der Waals surface area contributed by atoms with E-state index in [1.54, 1.807) is 12.1 Å². The quantitative estimate of drug-likeness (QED) is 0.487. The standard InChI is InChI=1S/C29H34N6O4/c1-29(2,3)39-28(37)31-21-15-23(16-21)35-18-20(17-30)24-9-10-25(32-26(24)35)34-13-11-33(12-14-34)22-7-5-19(6-8-22)27(36)38-4/h5-10,18,21,23H,11-16H2,1-4H3,(H,31,37). The zero-order chi connectivity index (χ0) is 27.7. The first kappa shape index (κ1) is 26.4. The van der Waals surface area contributed by atoms with Crippen LogP contribution >= 0.6 is 0 Å². The Morgan fingerprint density at radius 1 is 1.03 bits per heavy atom. The van der Waals surface area contributed by atoms with Gasteiger partial charge in [-0.15, -0.1) is 0 Å². The minimum atomic E-state index is -0.535. The number of nitrogens with one attached hydrogen (secondary N) is 1. The predicted octanol–water partition coefficient (Wildman–Crippen LogP) is 4.25. The minimum Gasteiger partial charge on any atom is -0.465 e. The molecule has 39 heavy (non-hydrogen) atoms. The number of amides is 1. The van der Waals surface area contributed by atoms with Crippen molar-refractivity contribution in [3.63, 3.8) is 0 Å². The molecule has 2 aromatic heterocycles. The maximum atomic E-state index is 12.1. The molecule has 1 aliphatic heterocycles. The minimum absolute atomic E-state index is 0.0331. The van der Waals surface area contributed by atoms with Gasteiger partial charge in [0.05, 0.1) is 18.2 Å². The van der Waals surface area contributed by atoms with Crippen LogP contribution in [0.4, 0.5) is 16.3 Å². The Bertz CT molecular complexity index is 1400. The topological polar surface area (TPSA) is 113 Å². The van der Waals surface area contributed by atoms with Crippen LogP contribution in [0.3, 0.4) is 0 Å². The normalized spacial score (nSPS) is 19.3. The highest BCUT2D eigenvalue weighted by Crippen LogP contribution is 2.37. The van der Waals surface area contributed by atoms with Crippen molar-refractivity contribution in [1.29, 1.82) is 5.26 Å². The van der Waals surface area contributed by atoms with Crippen molar-refractivity contribution in [2.75, 3.05) is 43.1 Å². The number of benzene rings is 1. The summed E-state index contributed by atoms with van der Waals surface area (Å²) in [6, 6.07) is 13.9. The van der Waals surface area contributed by atoms with Crippen molar-refractivity contribution >= 4 is 34.6 Å². The Kier molecular flexibility index (Phi) is 7.08. The maximum absolute atomic E-state index is 12.1. The fourth-order valence-corrected chi connectivity index (χ4v) is 5.19. The van der Waals surface area contributed by atoms with Gasteiger partial charge in [0, 0.05) is 55.5 Å². The van der Waals surface area contributed by atoms with Gasteiger partial charge in [-0.1, -0.05) is 0 Å². The molecule has 0 spiro atoms. The number of carbonyl (C=O) groups excluding carboxylic acids is 2. The third kappa shape index (κ3) is 5.62. The van der Waals surface area contributed by atoms with Gasteiger partial charge in [-0.25, -0.2) is 14.6 Å². The van der Waals surface area contributed by atoms with Gasteiger partial charge < -0.3 is 29.2 Å². The van der Waals surface area contributed by atoms with E-state index in [1.807, 2.05) is 51.2 Å². The summed E-state index contributed by atoms with van der Waals surface area (Å²) in [5.41, 5.74) is 2.47. The summed E-state index contributed by atoms with van der Waals surface area (Å²) in [6.07, 6.45) is 2.99. The number of nitrogens with zero attached hydrogens (tertiary/aromatic N) is 5. The lowest BCUT2D eigenvalue weighted by atomic mass is 9.86. The summed E-state index contributed by atoms with van der Waals surface area (Å²) in [6.45, 7) is 8.78. The van der Waals surface area contributed by atoms with Crippen LogP contribution in [-0.4, -0.2) is 66.5 Å². The second kappa shape index (κ2) is 10.5. The smallest absolute Gasteiger partial charge is 0.407 e. The number of aromatic nitrogens is 2. The Labute approximate surface area is 228 Å². The van der Waals surface area contributed by atoms with Gasteiger partial charge >= 0.3 is 12.1 Å². The van der Waals surface area contributed by atoms with Gasteiger partial charge in [0.15, 0.2) is 0 Å². The Balaban J connectivity index is 1.25. The molecule has 1 saturated carbocycles. The molecule has 3 heterocycles. The lowest BCUT2D eigenvalue weighted by molar-refractivity contribution is 0.0457. The molecule has 0 atom stereocenters. The second-order valence-electron chi connectivity index (χ2n) is 11.1. The summed E-state index contributed by atoms with van der Waals surface area (Å²) in [5, 5.41) is 13.5. The third-order valence-electron chi connectivity index (χ3n) is 7.27. The molecular formula is C29H34N6O4. The predicted molar refractivity (Wildman–Crippen MR) is 148 cm³/mol. The summed E-state index contributed by atoms with van der Waals surface area (Å²) in [7, 11) is 1.38. The Hall–Kier alpha value is -4.26. The maximum Gasteiger partial charge on any atom is 0.407 e. The van der Waals surface area contributed by atoms with Crippen LogP contribution < -0.4 is 15.1 Å². The van der Waals surface area contributed by atoms with E-state index in [-0.39, 0.29) is 18.1 Å². The molecule has 5 rings (SSSR count). The van der Waals surface area contributed by atoms with E-state index >= 15 is 0 Å². The molecule has 0 unspecified atom stereocenters. The molecule has 1 aromatic carbocycles. The molecular weight excluding hydrogens is 496 g/mol. The SMILES string of the molecule is COC(=O)c1ccc(N2CCN(c3ccc4c(C#N)cn(C5CC(NC(=O)OC(C)(C)C)C5)c4n3)CC2)cc1. The van der Waals surface area contributed by atoms with Crippen molar-refractivity contribution in [2.45, 2.75) is 51.3 Å². The van der Waals surface area contributed by atoms with E-state index in [1.165, 1.54) is 7.11 Å². The molecule has 2 aliphatic rings. The number of alkyl carbamates (subject to hydrolysis) is 1. The number of methoxy groups -OCH3 is 1. The number of ether oxygens (including phenoxy) is 2. The van der Waals surface area contributed by atoms with Crippen molar-refractivity contribution < 1.29 is 19.1 Å². The number of piperazine rings is 1. The molecule has 10 heteroatoms. The van der Waals surface area contributed by atoms with Gasteiger partial charge in [0.25, 0.3) is 0 Å². The van der Waals surface area contributed by atoms with E-state index in [0.717, 1.165) is 61.6 Å². The lowest BCUT2D eigenvalue weighted by Gasteiger charge is -2.38. The van der Waals surface area contributed by atoms with Crippen molar-refractivity contribution in [3.05, 3.63) is 53.7 Å². The van der Waals surface area contributed by atoms with Crippen LogP contribution in [0.2, 0.25) is 0 Å². The van der Waals surface area contributed by atoms with Gasteiger partial charge in [0.2, 0.25) is 0 Å². The van der Waals surface area contributed by atoms with Gasteiger partial charge in [-0.05, 0) is 70.0 Å². The fourth-order valence-electron chi connectivity index (χ4n) is 5.19. The molecule has 1 saturated heterocycles. The number of nitriles is 1. The van der Waals surface area contributed by atoms with Crippen molar-refractivity contribution in [3.8, 4) is 6.07 Å². The molecule has 0 radical (unpaired) electrons. The molecule has 2 fully saturated rings. The molecule has 0 bridgehead atoms. The average molecular weight is 531 g/mol. The van der Waals surface area contributed by atoms with Gasteiger partial charge in [0.1, 0.15) is 23.1 Å². The van der Waals surface area contributed by atoms with Gasteiger partial charge in [-0.3, -0.25) is 0 Å². The Morgan fingerprint density at radius 3 is 2.31 bits per heavy atom. The van der Waals surface area contributed by atoms with Crippen LogP contribution in [-0.2, 0) is 9.47 Å². The highest BCUT2D eigenvalue weighted by molar-refractivity contribution is 5.89. The second-order valence-corrected chi connectivity index (χ2v) is 11.1. The fraction of sp³-hybridized carbons (Fsp3) is 0.448. The number of carbonyl (C=O) groups is 2. The first-order valence-corrected chi connectivity index (χ1v) is 13.2. The van der Waals surface area contributed by atoms with E-state index in [4.69, 9.17) is 14.5 Å². The first-order valence-electron chi connectivity index (χ1n) is 13.2. The van der Waals surface area contributed by atoms with Crippen LogP contribution in [0.1, 0.15) is 55.6 Å². The highest BCUT2D eigenvalue weighted by Gasteiger charge is 2.34. The summed E-state index contributed by atoms with van der Waals surface area (Å²) >= 11 is 0. The largest absolute Gasteiger partial charge is 0.465 e. The Morgan fingerprint density at radius 2 is 1.69 bits per heavy atom. The lowest BCUT2D eigenvalue weighted by Crippen LogP contribution is -2.47. The van der Waals surface area contributed by atoms with Crippen LogP contribution in [0.15, 0.2) is 42.6 Å². The molecule has 3 aromatic rings. The summed E-state index contributed by atoms with van der Waals surface area (Å²) in [5.74, 6) is 0.545. The number of hydrogen-bond donors (Lipinski definition) is 1. The van der Waals surface area contributed by atoms with Crippen LogP contribution in [0.25, 0.3) is 11.0 Å². The zero-order valence-corrected chi connectivity index (χ0v) is 22.8. The highest BCUT2D eigenvalue weighted by atomic mass is 16.6. The van der Waals surface area contributed by atoms with Crippen molar-refractivity contribution in [1.82, 2.24) is 14.9 Å². The van der Waals surface area contributed by atoms with Gasteiger partial charge in [-0.2, -0.15) is 5.26 Å². The third-order valence-corrected chi connectivity index (χ3v) is 7.27. The zero-order valence-electron chi connectivity index (χ0n) is 22.8. The number of anilines is 2. The van der Waals surface area contributed by atoms with E-state index < -0.39 is 11.7 Å². The van der Waals surface area contributed by atoms with E-state index in [2.05, 4.69) is 25.8 Å². The van der Waals surface area contributed by atoms with Crippen LogP contribution in [0.5, 0.6) is 0 Å². The average Bonchev–Trinajstić information content (AvgIpc) is 3.26. The number of rotatable bonds is 5. The molecule has 1 amide bonds.